The van der Waals surface area contributed by atoms with Crippen molar-refractivity contribution in [3.05, 3.63) is 12.7 Å². The SMILES string of the molecule is C=CCN[C@@H](CSC(=O)O)C(=O)O. The molecule has 5 nitrogen and oxygen atoms in total. The van der Waals surface area contributed by atoms with Crippen molar-refractivity contribution in [2.45, 2.75) is 6.04 Å². The molecule has 0 unspecified atom stereocenters. The molecule has 0 amide bonds. The lowest BCUT2D eigenvalue weighted by Crippen LogP contribution is -2.39. The lowest BCUT2D eigenvalue weighted by Gasteiger charge is -2.10. The highest BCUT2D eigenvalue weighted by Gasteiger charge is 2.17. The third kappa shape index (κ3) is 6.18. The van der Waals surface area contributed by atoms with Gasteiger partial charge in [-0.05, 0) is 11.8 Å². The fourth-order valence-corrected chi connectivity index (χ4v) is 1.17. The first-order valence-corrected chi connectivity index (χ1v) is 4.49. The van der Waals surface area contributed by atoms with Gasteiger partial charge in [-0.3, -0.25) is 4.79 Å². The first-order chi connectivity index (χ1) is 6.07. The van der Waals surface area contributed by atoms with Gasteiger partial charge >= 0.3 is 11.3 Å². The minimum absolute atomic E-state index is 0.00148. The number of nitrogens with one attached hydrogen (secondary N) is 1. The van der Waals surface area contributed by atoms with Crippen LogP contribution in [-0.2, 0) is 4.79 Å². The first kappa shape index (κ1) is 12.0. The molecule has 0 radical (unpaired) electrons. The van der Waals surface area contributed by atoms with E-state index in [-0.39, 0.29) is 5.75 Å². The quantitative estimate of drug-likeness (QED) is 0.551. The molecule has 3 N–H and O–H groups in total. The molecule has 1 atom stereocenters. The second-order valence-electron chi connectivity index (χ2n) is 2.16. The summed E-state index contributed by atoms with van der Waals surface area (Å²) >= 11 is 0.557. The van der Waals surface area contributed by atoms with E-state index in [0.29, 0.717) is 18.3 Å². The molecule has 0 aromatic heterocycles. The lowest BCUT2D eigenvalue weighted by molar-refractivity contribution is -0.138. The van der Waals surface area contributed by atoms with Gasteiger partial charge in [-0.25, -0.2) is 4.79 Å². The standard InChI is InChI=1S/C7H11NO4S/c1-2-3-8-5(6(9)10)4-13-7(11)12/h2,5,8H,1,3-4H2,(H,9,10)(H,11,12)/t5-/m0/s1. The summed E-state index contributed by atoms with van der Waals surface area (Å²) in [5.41, 5.74) is 0. The number of rotatable bonds is 6. The molecular weight excluding hydrogens is 194 g/mol. The minimum Gasteiger partial charge on any atom is -0.480 e. The Hall–Kier alpha value is -1.01. The van der Waals surface area contributed by atoms with Gasteiger partial charge in [-0.1, -0.05) is 6.08 Å². The van der Waals surface area contributed by atoms with Gasteiger partial charge in [0.1, 0.15) is 6.04 Å². The highest BCUT2D eigenvalue weighted by molar-refractivity contribution is 8.13. The van der Waals surface area contributed by atoms with Crippen molar-refractivity contribution in [1.82, 2.24) is 5.32 Å². The maximum atomic E-state index is 10.5. The second kappa shape index (κ2) is 6.50. The molecule has 0 spiro atoms. The van der Waals surface area contributed by atoms with Crippen molar-refractivity contribution >= 4 is 23.0 Å². The highest BCUT2D eigenvalue weighted by Crippen LogP contribution is 2.03. The van der Waals surface area contributed by atoms with Gasteiger partial charge in [0.2, 0.25) is 0 Å². The van der Waals surface area contributed by atoms with Gasteiger partial charge in [-0.2, -0.15) is 0 Å². The normalized spacial score (nSPS) is 12.0. The average molecular weight is 205 g/mol. The summed E-state index contributed by atoms with van der Waals surface area (Å²) in [5.74, 6) is -1.06. The number of carbonyl (C=O) groups is 2. The van der Waals surface area contributed by atoms with Crippen molar-refractivity contribution < 1.29 is 19.8 Å². The Morgan fingerprint density at radius 2 is 2.15 bits per heavy atom. The summed E-state index contributed by atoms with van der Waals surface area (Å²) in [6.07, 6.45) is 1.52. The molecule has 0 heterocycles. The molecule has 0 aromatic carbocycles. The van der Waals surface area contributed by atoms with Crippen LogP contribution in [0.25, 0.3) is 0 Å². The van der Waals surface area contributed by atoms with Crippen LogP contribution < -0.4 is 5.32 Å². The minimum atomic E-state index is -1.08. The van der Waals surface area contributed by atoms with Gasteiger partial charge in [0, 0.05) is 12.3 Å². The van der Waals surface area contributed by atoms with Crippen molar-refractivity contribution in [1.29, 1.82) is 0 Å². The van der Waals surface area contributed by atoms with Crippen LogP contribution in [0.1, 0.15) is 0 Å². The summed E-state index contributed by atoms with van der Waals surface area (Å²) in [5, 5.41) is 18.4. The molecule has 0 aliphatic rings. The van der Waals surface area contributed by atoms with E-state index in [1.807, 2.05) is 0 Å². The molecule has 6 heteroatoms. The second-order valence-corrected chi connectivity index (χ2v) is 3.14. The molecular formula is C7H11NO4S. The Morgan fingerprint density at radius 1 is 1.54 bits per heavy atom. The molecule has 0 saturated carbocycles. The van der Waals surface area contributed by atoms with E-state index in [4.69, 9.17) is 10.2 Å². The van der Waals surface area contributed by atoms with Crippen LogP contribution in [0.3, 0.4) is 0 Å². The van der Waals surface area contributed by atoms with Crippen LogP contribution in [0.5, 0.6) is 0 Å². The molecule has 0 rings (SSSR count). The van der Waals surface area contributed by atoms with Crippen LogP contribution in [0.4, 0.5) is 4.79 Å². The largest absolute Gasteiger partial charge is 0.480 e. The Balaban J connectivity index is 3.87. The van der Waals surface area contributed by atoms with Gasteiger partial charge in [0.25, 0.3) is 0 Å². The van der Waals surface area contributed by atoms with Crippen LogP contribution in [-0.4, -0.2) is 39.8 Å². The monoisotopic (exact) mass is 205 g/mol. The van der Waals surface area contributed by atoms with Crippen LogP contribution in [0.2, 0.25) is 0 Å². The summed E-state index contributed by atoms with van der Waals surface area (Å²) in [6.45, 7) is 3.75. The molecule has 0 fully saturated rings. The number of carboxylic acids is 1. The van der Waals surface area contributed by atoms with E-state index in [9.17, 15) is 9.59 Å². The average Bonchev–Trinajstić information content (AvgIpc) is 2.03. The Bertz CT molecular complexity index is 207. The number of carboxylic acid groups (broad SMARTS) is 2. The maximum Gasteiger partial charge on any atom is 0.364 e. The highest BCUT2D eigenvalue weighted by atomic mass is 32.2. The number of thioether (sulfide) groups is 1. The molecule has 0 bridgehead atoms. The Labute approximate surface area is 79.8 Å². The van der Waals surface area contributed by atoms with Gasteiger partial charge < -0.3 is 15.5 Å². The van der Waals surface area contributed by atoms with Gasteiger partial charge in [0.05, 0.1) is 0 Å². The number of hydrogen-bond donors (Lipinski definition) is 3. The van der Waals surface area contributed by atoms with Crippen LogP contribution in [0, 0.1) is 0 Å². The first-order valence-electron chi connectivity index (χ1n) is 3.50. The number of hydrogen-bond acceptors (Lipinski definition) is 4. The van der Waals surface area contributed by atoms with Crippen molar-refractivity contribution in [3.8, 4) is 0 Å². The van der Waals surface area contributed by atoms with E-state index in [2.05, 4.69) is 11.9 Å². The van der Waals surface area contributed by atoms with E-state index < -0.39 is 17.3 Å². The van der Waals surface area contributed by atoms with Crippen molar-refractivity contribution in [2.24, 2.45) is 0 Å². The fourth-order valence-electron chi connectivity index (χ4n) is 0.598. The maximum absolute atomic E-state index is 10.5. The molecule has 13 heavy (non-hydrogen) atoms. The van der Waals surface area contributed by atoms with Crippen molar-refractivity contribution in [2.75, 3.05) is 12.3 Å². The molecule has 0 aromatic rings. The fraction of sp³-hybridized carbons (Fsp3) is 0.429. The third-order valence-electron chi connectivity index (χ3n) is 1.18. The predicted molar refractivity (Wildman–Crippen MR) is 50.1 cm³/mol. The van der Waals surface area contributed by atoms with Crippen LogP contribution in [0.15, 0.2) is 12.7 Å². The Morgan fingerprint density at radius 3 is 2.54 bits per heavy atom. The summed E-state index contributed by atoms with van der Waals surface area (Å²) in [4.78, 5) is 20.6. The molecule has 0 saturated heterocycles. The number of aliphatic carboxylic acids is 1. The predicted octanol–water partition coefficient (Wildman–Crippen LogP) is 0.626. The van der Waals surface area contributed by atoms with E-state index in [1.54, 1.807) is 0 Å². The van der Waals surface area contributed by atoms with E-state index >= 15 is 0 Å². The van der Waals surface area contributed by atoms with Crippen molar-refractivity contribution in [3.63, 3.8) is 0 Å². The topological polar surface area (TPSA) is 86.6 Å². The Kier molecular flexibility index (Phi) is 5.99. The third-order valence-corrected chi connectivity index (χ3v) is 1.93. The zero-order chi connectivity index (χ0) is 10.3. The molecule has 0 aliphatic carbocycles. The summed E-state index contributed by atoms with van der Waals surface area (Å²) in [6, 6.07) is -0.848. The molecule has 74 valence electrons. The van der Waals surface area contributed by atoms with Gasteiger partial charge in [-0.15, -0.1) is 6.58 Å². The molecule has 0 aliphatic heterocycles. The summed E-state index contributed by atoms with van der Waals surface area (Å²) in [7, 11) is 0. The van der Waals surface area contributed by atoms with E-state index in [1.165, 1.54) is 6.08 Å². The van der Waals surface area contributed by atoms with E-state index in [0.717, 1.165) is 0 Å². The summed E-state index contributed by atoms with van der Waals surface area (Å²) < 4.78 is 0. The van der Waals surface area contributed by atoms with Gasteiger partial charge in [0.15, 0.2) is 0 Å². The zero-order valence-corrected chi connectivity index (χ0v) is 7.71. The van der Waals surface area contributed by atoms with Crippen LogP contribution >= 0.6 is 11.8 Å². The lowest BCUT2D eigenvalue weighted by atomic mass is 10.3. The smallest absolute Gasteiger partial charge is 0.364 e. The zero-order valence-electron chi connectivity index (χ0n) is 6.90.